The summed E-state index contributed by atoms with van der Waals surface area (Å²) in [5, 5.41) is 9.15. The molecule has 16 heavy (non-hydrogen) atoms. The second-order valence-electron chi connectivity index (χ2n) is 4.02. The summed E-state index contributed by atoms with van der Waals surface area (Å²) in [6.07, 6.45) is -0.623. The van der Waals surface area contributed by atoms with Gasteiger partial charge >= 0.3 is 0 Å². The molecule has 0 heterocycles. The first-order chi connectivity index (χ1) is 7.41. The van der Waals surface area contributed by atoms with Crippen molar-refractivity contribution in [1.29, 1.82) is 0 Å². The van der Waals surface area contributed by atoms with Crippen LogP contribution in [0.5, 0.6) is 0 Å². The Bertz CT molecular complexity index is 391. The van der Waals surface area contributed by atoms with Crippen molar-refractivity contribution in [2.75, 3.05) is 13.6 Å². The van der Waals surface area contributed by atoms with E-state index in [4.69, 9.17) is 5.11 Å². The zero-order valence-electron chi connectivity index (χ0n) is 9.70. The number of aliphatic hydroxyl groups excluding tert-OH is 1. The lowest BCUT2D eigenvalue weighted by atomic mass is 10.1. The summed E-state index contributed by atoms with van der Waals surface area (Å²) in [7, 11) is 1.54. The van der Waals surface area contributed by atoms with Gasteiger partial charge in [0.05, 0.1) is 11.7 Å². The molecule has 0 aromatic heterocycles. The highest BCUT2D eigenvalue weighted by molar-refractivity contribution is 5.94. The minimum atomic E-state index is -0.623. The number of carbonyl (C=O) groups excluding carboxylic acids is 1. The summed E-state index contributed by atoms with van der Waals surface area (Å²) >= 11 is 0. The molecule has 0 aliphatic rings. The van der Waals surface area contributed by atoms with Crippen molar-refractivity contribution in [1.82, 2.24) is 4.90 Å². The molecule has 0 aliphatic heterocycles. The van der Waals surface area contributed by atoms with Gasteiger partial charge in [-0.25, -0.2) is 4.39 Å². The number of hydrogen-bond acceptors (Lipinski definition) is 2. The van der Waals surface area contributed by atoms with Crippen LogP contribution in [0.2, 0.25) is 0 Å². The fourth-order valence-electron chi connectivity index (χ4n) is 1.49. The standard InChI is InChI=1S/C12H16FNO2/c1-8-4-5-11(13)10(6-8)12(16)14(3)7-9(2)15/h4-6,9,15H,7H2,1-3H3. The molecule has 4 heteroatoms. The summed E-state index contributed by atoms with van der Waals surface area (Å²) in [5.41, 5.74) is 0.873. The summed E-state index contributed by atoms with van der Waals surface area (Å²) < 4.78 is 13.4. The molecule has 1 rings (SSSR count). The van der Waals surface area contributed by atoms with E-state index < -0.39 is 17.8 Å². The number of aryl methyl sites for hydroxylation is 1. The van der Waals surface area contributed by atoms with E-state index in [9.17, 15) is 9.18 Å². The summed E-state index contributed by atoms with van der Waals surface area (Å²) in [4.78, 5) is 13.1. The molecule has 1 aromatic carbocycles. The average molecular weight is 225 g/mol. The molecule has 0 radical (unpaired) electrons. The number of amides is 1. The van der Waals surface area contributed by atoms with Gasteiger partial charge in [0.25, 0.3) is 5.91 Å². The maximum atomic E-state index is 13.4. The molecule has 0 aliphatic carbocycles. The topological polar surface area (TPSA) is 40.5 Å². The Kier molecular flexibility index (Phi) is 4.01. The van der Waals surface area contributed by atoms with Crippen molar-refractivity contribution in [3.63, 3.8) is 0 Å². The highest BCUT2D eigenvalue weighted by atomic mass is 19.1. The van der Waals surface area contributed by atoms with Gasteiger partial charge in [0.15, 0.2) is 0 Å². The van der Waals surface area contributed by atoms with Gasteiger partial charge in [-0.15, -0.1) is 0 Å². The Balaban J connectivity index is 2.91. The molecule has 0 spiro atoms. The van der Waals surface area contributed by atoms with E-state index in [2.05, 4.69) is 0 Å². The highest BCUT2D eigenvalue weighted by Crippen LogP contribution is 2.12. The average Bonchev–Trinajstić information content (AvgIpc) is 2.19. The molecule has 88 valence electrons. The van der Waals surface area contributed by atoms with Gasteiger partial charge in [0, 0.05) is 13.6 Å². The molecule has 1 unspecified atom stereocenters. The largest absolute Gasteiger partial charge is 0.392 e. The van der Waals surface area contributed by atoms with Gasteiger partial charge in [-0.05, 0) is 26.0 Å². The lowest BCUT2D eigenvalue weighted by Gasteiger charge is -2.19. The van der Waals surface area contributed by atoms with Gasteiger partial charge in [-0.3, -0.25) is 4.79 Å². The van der Waals surface area contributed by atoms with Crippen LogP contribution in [-0.2, 0) is 0 Å². The zero-order valence-corrected chi connectivity index (χ0v) is 9.70. The third kappa shape index (κ3) is 3.03. The van der Waals surface area contributed by atoms with Gasteiger partial charge in [-0.1, -0.05) is 11.6 Å². The lowest BCUT2D eigenvalue weighted by molar-refractivity contribution is 0.0699. The Hall–Kier alpha value is -1.42. The van der Waals surface area contributed by atoms with Crippen LogP contribution in [0.15, 0.2) is 18.2 Å². The third-order valence-corrected chi connectivity index (χ3v) is 2.24. The Morgan fingerprint density at radius 2 is 2.19 bits per heavy atom. The number of aliphatic hydroxyl groups is 1. The monoisotopic (exact) mass is 225 g/mol. The van der Waals surface area contributed by atoms with Crippen LogP contribution in [0.4, 0.5) is 4.39 Å². The van der Waals surface area contributed by atoms with Crippen LogP contribution in [0, 0.1) is 12.7 Å². The molecule has 1 N–H and O–H groups in total. The van der Waals surface area contributed by atoms with E-state index in [1.165, 1.54) is 24.1 Å². The molecule has 0 saturated heterocycles. The van der Waals surface area contributed by atoms with E-state index >= 15 is 0 Å². The highest BCUT2D eigenvalue weighted by Gasteiger charge is 2.17. The van der Waals surface area contributed by atoms with Gasteiger partial charge < -0.3 is 10.0 Å². The molecule has 1 amide bonds. The summed E-state index contributed by atoms with van der Waals surface area (Å²) in [5.74, 6) is -0.949. The molecule has 1 aromatic rings. The second-order valence-corrected chi connectivity index (χ2v) is 4.02. The molecule has 0 bridgehead atoms. The first-order valence-corrected chi connectivity index (χ1v) is 5.11. The number of carbonyl (C=O) groups is 1. The number of likely N-dealkylation sites (N-methyl/N-ethyl adjacent to an activating group) is 1. The fourth-order valence-corrected chi connectivity index (χ4v) is 1.49. The van der Waals surface area contributed by atoms with Crippen LogP contribution >= 0.6 is 0 Å². The Morgan fingerprint density at radius 1 is 1.56 bits per heavy atom. The number of hydrogen-bond donors (Lipinski definition) is 1. The van der Waals surface area contributed by atoms with E-state index in [1.54, 1.807) is 19.9 Å². The van der Waals surface area contributed by atoms with Crippen molar-refractivity contribution in [2.45, 2.75) is 20.0 Å². The van der Waals surface area contributed by atoms with Crippen molar-refractivity contribution in [3.05, 3.63) is 35.1 Å². The maximum absolute atomic E-state index is 13.4. The number of nitrogens with zero attached hydrogens (tertiary/aromatic N) is 1. The predicted octanol–water partition coefficient (Wildman–Crippen LogP) is 1.59. The lowest BCUT2D eigenvalue weighted by Crippen LogP contribution is -2.33. The molecular weight excluding hydrogens is 209 g/mol. The van der Waals surface area contributed by atoms with Gasteiger partial charge in [0.2, 0.25) is 0 Å². The van der Waals surface area contributed by atoms with Crippen molar-refractivity contribution in [3.8, 4) is 0 Å². The smallest absolute Gasteiger partial charge is 0.256 e. The number of halogens is 1. The quantitative estimate of drug-likeness (QED) is 0.848. The van der Waals surface area contributed by atoms with Crippen LogP contribution in [0.1, 0.15) is 22.8 Å². The molecular formula is C12H16FNO2. The first-order valence-electron chi connectivity index (χ1n) is 5.11. The normalized spacial score (nSPS) is 12.3. The van der Waals surface area contributed by atoms with E-state index in [0.29, 0.717) is 0 Å². The van der Waals surface area contributed by atoms with Gasteiger partial charge in [-0.2, -0.15) is 0 Å². The van der Waals surface area contributed by atoms with E-state index in [0.717, 1.165) is 5.56 Å². The summed E-state index contributed by atoms with van der Waals surface area (Å²) in [6, 6.07) is 4.40. The predicted molar refractivity (Wildman–Crippen MR) is 59.8 cm³/mol. The minimum Gasteiger partial charge on any atom is -0.392 e. The number of benzene rings is 1. The van der Waals surface area contributed by atoms with Crippen LogP contribution in [-0.4, -0.2) is 35.6 Å². The number of rotatable bonds is 3. The van der Waals surface area contributed by atoms with Crippen molar-refractivity contribution >= 4 is 5.91 Å². The Labute approximate surface area is 94.5 Å². The second kappa shape index (κ2) is 5.07. The van der Waals surface area contributed by atoms with Crippen LogP contribution < -0.4 is 0 Å². The van der Waals surface area contributed by atoms with Crippen molar-refractivity contribution < 1.29 is 14.3 Å². The van der Waals surface area contributed by atoms with Crippen LogP contribution in [0.25, 0.3) is 0 Å². The van der Waals surface area contributed by atoms with E-state index in [-0.39, 0.29) is 12.1 Å². The van der Waals surface area contributed by atoms with Crippen molar-refractivity contribution in [2.24, 2.45) is 0 Å². The van der Waals surface area contributed by atoms with Gasteiger partial charge in [0.1, 0.15) is 5.82 Å². The Morgan fingerprint density at radius 3 is 2.75 bits per heavy atom. The van der Waals surface area contributed by atoms with Crippen LogP contribution in [0.3, 0.4) is 0 Å². The van der Waals surface area contributed by atoms with E-state index in [1.807, 2.05) is 0 Å². The molecule has 1 atom stereocenters. The zero-order chi connectivity index (χ0) is 12.3. The third-order valence-electron chi connectivity index (χ3n) is 2.24. The molecule has 0 fully saturated rings. The maximum Gasteiger partial charge on any atom is 0.256 e. The molecule has 0 saturated carbocycles. The molecule has 3 nitrogen and oxygen atoms in total. The SMILES string of the molecule is Cc1ccc(F)c(C(=O)N(C)CC(C)O)c1. The summed E-state index contributed by atoms with van der Waals surface area (Å²) in [6.45, 7) is 3.56. The minimum absolute atomic E-state index is 0.0446. The fraction of sp³-hybridized carbons (Fsp3) is 0.417. The first kappa shape index (κ1) is 12.6.